The molecule has 1 aromatic rings. The molecule has 1 unspecified atom stereocenters. The van der Waals surface area contributed by atoms with Crippen LogP contribution in [-0.4, -0.2) is 18.6 Å². The van der Waals surface area contributed by atoms with Gasteiger partial charge >= 0.3 is 0 Å². The Morgan fingerprint density at radius 2 is 2.12 bits per heavy atom. The Labute approximate surface area is 98.3 Å². The van der Waals surface area contributed by atoms with Crippen LogP contribution in [-0.2, 0) is 0 Å². The van der Waals surface area contributed by atoms with Crippen molar-refractivity contribution in [1.29, 1.82) is 0 Å². The molecule has 86 valence electrons. The molecule has 0 aliphatic carbocycles. The van der Waals surface area contributed by atoms with Crippen LogP contribution in [0.25, 0.3) is 0 Å². The van der Waals surface area contributed by atoms with Gasteiger partial charge in [0.1, 0.15) is 0 Å². The summed E-state index contributed by atoms with van der Waals surface area (Å²) >= 11 is 6.00. The van der Waals surface area contributed by atoms with E-state index in [1.165, 1.54) is 0 Å². The first-order valence-electron chi connectivity index (χ1n) is 4.91. The molecule has 0 aromatic heterocycles. The van der Waals surface area contributed by atoms with Crippen LogP contribution in [0.15, 0.2) is 6.07 Å². The van der Waals surface area contributed by atoms with E-state index in [1.54, 1.807) is 19.9 Å². The Balaban J connectivity index is 2.57. The quantitative estimate of drug-likeness (QED) is 0.804. The van der Waals surface area contributed by atoms with Crippen molar-refractivity contribution in [3.63, 3.8) is 0 Å². The fourth-order valence-electron chi connectivity index (χ4n) is 1.66. The Bertz CT molecular complexity index is 457. The molecule has 1 aromatic carbocycles. The predicted octanol–water partition coefficient (Wildman–Crippen LogP) is 1.91. The number of nitrogens with two attached hydrogens (primary N) is 1. The van der Waals surface area contributed by atoms with Crippen LogP contribution in [0, 0.1) is 6.92 Å². The van der Waals surface area contributed by atoms with Gasteiger partial charge < -0.3 is 15.2 Å². The monoisotopic (exact) mass is 241 g/mol. The topological polar surface area (TPSA) is 61.6 Å². The lowest BCUT2D eigenvalue weighted by molar-refractivity contribution is 0.0967. The minimum atomic E-state index is -0.560. The summed E-state index contributed by atoms with van der Waals surface area (Å²) in [6.07, 6.45) is 0. The number of ether oxygens (including phenoxy) is 2. The number of ketones is 1. The standard InChI is InChI=1S/C11H12ClNO3/c1-5-7(9(14)6(2)13)3-8(12)11-10(5)15-4-16-11/h3,6H,4,13H2,1-2H3. The number of hydrogen-bond donors (Lipinski definition) is 1. The third-order valence-electron chi connectivity index (χ3n) is 2.52. The average Bonchev–Trinajstić information content (AvgIpc) is 2.71. The highest BCUT2D eigenvalue weighted by Crippen LogP contribution is 2.43. The minimum absolute atomic E-state index is 0.131. The lowest BCUT2D eigenvalue weighted by atomic mass is 9.99. The zero-order chi connectivity index (χ0) is 11.9. The highest BCUT2D eigenvalue weighted by atomic mass is 35.5. The molecule has 1 heterocycles. The zero-order valence-electron chi connectivity index (χ0n) is 9.04. The van der Waals surface area contributed by atoms with E-state index in [-0.39, 0.29) is 12.6 Å². The lowest BCUT2D eigenvalue weighted by Crippen LogP contribution is -2.27. The number of rotatable bonds is 2. The molecule has 1 atom stereocenters. The summed E-state index contributed by atoms with van der Waals surface area (Å²) in [7, 11) is 0. The van der Waals surface area contributed by atoms with Crippen molar-refractivity contribution in [2.45, 2.75) is 19.9 Å². The smallest absolute Gasteiger partial charge is 0.231 e. The van der Waals surface area contributed by atoms with Crippen molar-refractivity contribution in [1.82, 2.24) is 0 Å². The summed E-state index contributed by atoms with van der Waals surface area (Å²) in [5, 5.41) is 0.377. The van der Waals surface area contributed by atoms with Gasteiger partial charge in [-0.25, -0.2) is 0 Å². The molecule has 0 saturated carbocycles. The van der Waals surface area contributed by atoms with Crippen molar-refractivity contribution in [2.75, 3.05) is 6.79 Å². The molecule has 2 rings (SSSR count). The van der Waals surface area contributed by atoms with Crippen LogP contribution in [0.4, 0.5) is 0 Å². The molecule has 0 spiro atoms. The number of hydrogen-bond acceptors (Lipinski definition) is 4. The van der Waals surface area contributed by atoms with Gasteiger partial charge in [0, 0.05) is 11.1 Å². The van der Waals surface area contributed by atoms with Crippen molar-refractivity contribution in [3.05, 3.63) is 22.2 Å². The first-order valence-corrected chi connectivity index (χ1v) is 5.28. The summed E-state index contributed by atoms with van der Waals surface area (Å²) in [6.45, 7) is 3.56. The molecule has 5 heteroatoms. The number of Topliss-reactive ketones (excluding diaryl/α,β-unsaturated/α-hetero) is 1. The van der Waals surface area contributed by atoms with E-state index in [0.717, 1.165) is 5.56 Å². The van der Waals surface area contributed by atoms with Crippen LogP contribution in [0.1, 0.15) is 22.8 Å². The van der Waals surface area contributed by atoms with Crippen LogP contribution in [0.2, 0.25) is 5.02 Å². The number of halogens is 1. The number of carbonyl (C=O) groups is 1. The van der Waals surface area contributed by atoms with Gasteiger partial charge in [-0.1, -0.05) is 11.6 Å². The zero-order valence-corrected chi connectivity index (χ0v) is 9.80. The SMILES string of the molecule is Cc1c(C(=O)C(C)N)cc(Cl)c2c1OCO2. The average molecular weight is 242 g/mol. The van der Waals surface area contributed by atoms with Crippen molar-refractivity contribution in [2.24, 2.45) is 5.73 Å². The van der Waals surface area contributed by atoms with E-state index < -0.39 is 6.04 Å². The fourth-order valence-corrected chi connectivity index (χ4v) is 1.91. The third-order valence-corrected chi connectivity index (χ3v) is 2.81. The van der Waals surface area contributed by atoms with Gasteiger partial charge in [-0.2, -0.15) is 0 Å². The molecular weight excluding hydrogens is 230 g/mol. The van der Waals surface area contributed by atoms with Gasteiger partial charge in [-0.05, 0) is 19.9 Å². The van der Waals surface area contributed by atoms with Crippen molar-refractivity contribution < 1.29 is 14.3 Å². The van der Waals surface area contributed by atoms with Gasteiger partial charge in [-0.15, -0.1) is 0 Å². The van der Waals surface area contributed by atoms with E-state index in [2.05, 4.69) is 0 Å². The van der Waals surface area contributed by atoms with Crippen LogP contribution in [0.3, 0.4) is 0 Å². The van der Waals surface area contributed by atoms with Gasteiger partial charge in [0.25, 0.3) is 0 Å². The summed E-state index contributed by atoms with van der Waals surface area (Å²) in [4.78, 5) is 11.8. The van der Waals surface area contributed by atoms with E-state index in [9.17, 15) is 4.79 Å². The number of fused-ring (bicyclic) bond motifs is 1. The molecule has 1 aliphatic heterocycles. The second-order valence-corrected chi connectivity index (χ2v) is 4.16. The third kappa shape index (κ3) is 1.64. The van der Waals surface area contributed by atoms with Gasteiger partial charge in [0.15, 0.2) is 17.3 Å². The Morgan fingerprint density at radius 1 is 1.50 bits per heavy atom. The number of benzene rings is 1. The number of carbonyl (C=O) groups excluding carboxylic acids is 1. The maximum absolute atomic E-state index is 11.8. The summed E-state index contributed by atoms with van der Waals surface area (Å²) in [6, 6.07) is 1.02. The maximum Gasteiger partial charge on any atom is 0.231 e. The fraction of sp³-hybridized carbons (Fsp3) is 0.364. The van der Waals surface area contributed by atoms with E-state index >= 15 is 0 Å². The van der Waals surface area contributed by atoms with Crippen molar-refractivity contribution in [3.8, 4) is 11.5 Å². The van der Waals surface area contributed by atoms with Gasteiger partial charge in [0.2, 0.25) is 6.79 Å². The minimum Gasteiger partial charge on any atom is -0.453 e. The molecule has 0 amide bonds. The first-order chi connectivity index (χ1) is 7.52. The van der Waals surface area contributed by atoms with E-state index in [0.29, 0.717) is 22.1 Å². The highest BCUT2D eigenvalue weighted by Gasteiger charge is 2.25. The van der Waals surface area contributed by atoms with E-state index in [4.69, 9.17) is 26.8 Å². The molecule has 4 nitrogen and oxygen atoms in total. The van der Waals surface area contributed by atoms with Crippen LogP contribution < -0.4 is 15.2 Å². The molecule has 2 N–H and O–H groups in total. The predicted molar refractivity (Wildman–Crippen MR) is 60.3 cm³/mol. The molecule has 16 heavy (non-hydrogen) atoms. The molecule has 0 radical (unpaired) electrons. The van der Waals surface area contributed by atoms with Gasteiger partial charge in [0.05, 0.1) is 11.1 Å². The van der Waals surface area contributed by atoms with E-state index in [1.807, 2.05) is 0 Å². The second kappa shape index (κ2) is 3.96. The highest BCUT2D eigenvalue weighted by molar-refractivity contribution is 6.33. The lowest BCUT2D eigenvalue weighted by Gasteiger charge is -2.11. The normalized spacial score (nSPS) is 15.0. The largest absolute Gasteiger partial charge is 0.453 e. The second-order valence-electron chi connectivity index (χ2n) is 3.75. The Hall–Kier alpha value is -1.26. The van der Waals surface area contributed by atoms with Crippen LogP contribution >= 0.6 is 11.6 Å². The summed E-state index contributed by atoms with van der Waals surface area (Å²) in [5.74, 6) is 0.884. The molecule has 0 saturated heterocycles. The molecule has 1 aliphatic rings. The van der Waals surface area contributed by atoms with Crippen LogP contribution in [0.5, 0.6) is 11.5 Å². The van der Waals surface area contributed by atoms with Gasteiger partial charge in [-0.3, -0.25) is 4.79 Å². The Morgan fingerprint density at radius 3 is 2.75 bits per heavy atom. The first kappa shape index (κ1) is 11.2. The molecule has 0 fully saturated rings. The maximum atomic E-state index is 11.8. The Kier molecular flexibility index (Phi) is 2.78. The molecule has 0 bridgehead atoms. The summed E-state index contributed by atoms with van der Waals surface area (Å²) in [5.41, 5.74) is 6.78. The summed E-state index contributed by atoms with van der Waals surface area (Å²) < 4.78 is 10.5. The van der Waals surface area contributed by atoms with Crippen molar-refractivity contribution >= 4 is 17.4 Å². The molecular formula is C11H12ClNO3.